The summed E-state index contributed by atoms with van der Waals surface area (Å²) in [6.45, 7) is 12.7. The lowest BCUT2D eigenvalue weighted by atomic mass is 9.83. The van der Waals surface area contributed by atoms with Crippen LogP contribution >= 0.6 is 0 Å². The summed E-state index contributed by atoms with van der Waals surface area (Å²) in [6, 6.07) is 15.6. The second-order valence-corrected chi connectivity index (χ2v) is 6.23. The van der Waals surface area contributed by atoms with Crippen LogP contribution < -0.4 is 0 Å². The van der Waals surface area contributed by atoms with Gasteiger partial charge in [0.2, 0.25) is 0 Å². The molecule has 1 atom stereocenters. The standard InChI is InChI=1S/C20H29N/c1-5-21(6-2)15-14-18(16(3)4)20-13-9-11-17-10-7-8-12-19(17)20/h7-13,16,18H,5-6,14-15H2,1-4H3. The molecular formula is C20H29N. The smallest absolute Gasteiger partial charge is 0.00130 e. The summed E-state index contributed by atoms with van der Waals surface area (Å²) < 4.78 is 0. The van der Waals surface area contributed by atoms with Crippen molar-refractivity contribution in [2.75, 3.05) is 19.6 Å². The van der Waals surface area contributed by atoms with Crippen LogP contribution in [0, 0.1) is 5.92 Å². The number of hydrogen-bond donors (Lipinski definition) is 0. The number of hydrogen-bond acceptors (Lipinski definition) is 1. The maximum absolute atomic E-state index is 2.53. The highest BCUT2D eigenvalue weighted by Crippen LogP contribution is 2.33. The second-order valence-electron chi connectivity index (χ2n) is 6.23. The van der Waals surface area contributed by atoms with Crippen LogP contribution in [-0.4, -0.2) is 24.5 Å². The monoisotopic (exact) mass is 283 g/mol. The van der Waals surface area contributed by atoms with E-state index in [1.54, 1.807) is 0 Å². The number of benzene rings is 2. The largest absolute Gasteiger partial charge is 0.304 e. The molecule has 0 saturated carbocycles. The molecule has 0 spiro atoms. The molecule has 0 heterocycles. The predicted molar refractivity (Wildman–Crippen MR) is 93.9 cm³/mol. The third kappa shape index (κ3) is 3.85. The summed E-state index contributed by atoms with van der Waals surface area (Å²) in [7, 11) is 0. The molecule has 0 amide bonds. The van der Waals surface area contributed by atoms with Gasteiger partial charge in [0.15, 0.2) is 0 Å². The van der Waals surface area contributed by atoms with E-state index in [1.807, 2.05) is 0 Å². The van der Waals surface area contributed by atoms with Crippen LogP contribution in [0.4, 0.5) is 0 Å². The minimum Gasteiger partial charge on any atom is -0.304 e. The fourth-order valence-electron chi connectivity index (χ4n) is 3.28. The summed E-state index contributed by atoms with van der Waals surface area (Å²) in [5.41, 5.74) is 1.52. The van der Waals surface area contributed by atoms with Crippen molar-refractivity contribution in [1.82, 2.24) is 4.90 Å². The summed E-state index contributed by atoms with van der Waals surface area (Å²) in [5, 5.41) is 2.79. The molecule has 0 bridgehead atoms. The number of rotatable bonds is 7. The first kappa shape index (κ1) is 16.0. The van der Waals surface area contributed by atoms with Crippen molar-refractivity contribution in [3.8, 4) is 0 Å². The van der Waals surface area contributed by atoms with Gasteiger partial charge >= 0.3 is 0 Å². The van der Waals surface area contributed by atoms with Gasteiger partial charge in [0.1, 0.15) is 0 Å². The maximum atomic E-state index is 2.53. The normalized spacial score (nSPS) is 13.2. The summed E-state index contributed by atoms with van der Waals surface area (Å²) in [6.07, 6.45) is 1.24. The van der Waals surface area contributed by atoms with Crippen LogP contribution in [0.15, 0.2) is 42.5 Å². The lowest BCUT2D eigenvalue weighted by Crippen LogP contribution is -2.26. The number of nitrogens with zero attached hydrogens (tertiary/aromatic N) is 1. The zero-order valence-corrected chi connectivity index (χ0v) is 14.0. The van der Waals surface area contributed by atoms with E-state index in [2.05, 4.69) is 75.1 Å². The van der Waals surface area contributed by atoms with Gasteiger partial charge < -0.3 is 4.90 Å². The predicted octanol–water partition coefficient (Wildman–Crippen LogP) is 5.31. The molecule has 0 saturated heterocycles. The first-order chi connectivity index (χ1) is 10.2. The molecule has 0 fully saturated rings. The highest BCUT2D eigenvalue weighted by molar-refractivity contribution is 5.86. The average Bonchev–Trinajstić information content (AvgIpc) is 2.51. The first-order valence-electron chi connectivity index (χ1n) is 8.37. The van der Waals surface area contributed by atoms with Gasteiger partial charge in [-0.25, -0.2) is 0 Å². The van der Waals surface area contributed by atoms with Crippen molar-refractivity contribution in [2.45, 2.75) is 40.0 Å². The summed E-state index contributed by atoms with van der Waals surface area (Å²) >= 11 is 0. The minimum atomic E-state index is 0.636. The van der Waals surface area contributed by atoms with Crippen molar-refractivity contribution in [3.05, 3.63) is 48.0 Å². The van der Waals surface area contributed by atoms with Gasteiger partial charge in [0.25, 0.3) is 0 Å². The molecule has 2 aromatic carbocycles. The molecule has 0 radical (unpaired) electrons. The Balaban J connectivity index is 2.28. The summed E-state index contributed by atoms with van der Waals surface area (Å²) in [5.74, 6) is 1.31. The maximum Gasteiger partial charge on any atom is -0.00130 e. The third-order valence-electron chi connectivity index (χ3n) is 4.68. The number of fused-ring (bicyclic) bond motifs is 1. The van der Waals surface area contributed by atoms with Crippen LogP contribution in [0.1, 0.15) is 45.6 Å². The lowest BCUT2D eigenvalue weighted by molar-refractivity contribution is 0.278. The Hall–Kier alpha value is -1.34. The van der Waals surface area contributed by atoms with E-state index in [1.165, 1.54) is 29.3 Å². The molecule has 0 N–H and O–H groups in total. The van der Waals surface area contributed by atoms with Gasteiger partial charge in [-0.3, -0.25) is 0 Å². The average molecular weight is 283 g/mol. The molecule has 1 heteroatoms. The first-order valence-corrected chi connectivity index (χ1v) is 8.37. The Morgan fingerprint density at radius 1 is 0.905 bits per heavy atom. The molecule has 1 nitrogen and oxygen atoms in total. The Kier molecular flexibility index (Phi) is 5.81. The van der Waals surface area contributed by atoms with Crippen LogP contribution in [0.2, 0.25) is 0 Å². The van der Waals surface area contributed by atoms with Crippen LogP contribution in [0.5, 0.6) is 0 Å². The Morgan fingerprint density at radius 3 is 2.24 bits per heavy atom. The zero-order valence-electron chi connectivity index (χ0n) is 14.0. The second kappa shape index (κ2) is 7.61. The molecular weight excluding hydrogens is 254 g/mol. The third-order valence-corrected chi connectivity index (χ3v) is 4.68. The van der Waals surface area contributed by atoms with E-state index in [4.69, 9.17) is 0 Å². The minimum absolute atomic E-state index is 0.636. The SMILES string of the molecule is CCN(CC)CCC(c1cccc2ccccc12)C(C)C. The fraction of sp³-hybridized carbons (Fsp3) is 0.500. The summed E-state index contributed by atoms with van der Waals surface area (Å²) in [4.78, 5) is 2.53. The van der Waals surface area contributed by atoms with Crippen molar-refractivity contribution in [2.24, 2.45) is 5.92 Å². The molecule has 0 aliphatic carbocycles. The lowest BCUT2D eigenvalue weighted by Gasteiger charge is -2.26. The van der Waals surface area contributed by atoms with Crippen LogP contribution in [0.25, 0.3) is 10.8 Å². The van der Waals surface area contributed by atoms with Gasteiger partial charge in [-0.15, -0.1) is 0 Å². The van der Waals surface area contributed by atoms with E-state index in [0.29, 0.717) is 11.8 Å². The molecule has 21 heavy (non-hydrogen) atoms. The van der Waals surface area contributed by atoms with Crippen molar-refractivity contribution in [3.63, 3.8) is 0 Å². The van der Waals surface area contributed by atoms with Crippen molar-refractivity contribution >= 4 is 10.8 Å². The van der Waals surface area contributed by atoms with Gasteiger partial charge in [-0.05, 0) is 54.2 Å². The Morgan fingerprint density at radius 2 is 1.57 bits per heavy atom. The molecule has 0 aliphatic heterocycles. The van der Waals surface area contributed by atoms with E-state index >= 15 is 0 Å². The molecule has 1 unspecified atom stereocenters. The van der Waals surface area contributed by atoms with E-state index in [-0.39, 0.29) is 0 Å². The van der Waals surface area contributed by atoms with Gasteiger partial charge in [0, 0.05) is 0 Å². The van der Waals surface area contributed by atoms with Crippen LogP contribution in [-0.2, 0) is 0 Å². The highest BCUT2D eigenvalue weighted by atomic mass is 15.1. The molecule has 0 aromatic heterocycles. The molecule has 114 valence electrons. The van der Waals surface area contributed by atoms with E-state index in [0.717, 1.165) is 13.1 Å². The van der Waals surface area contributed by atoms with Gasteiger partial charge in [-0.2, -0.15) is 0 Å². The van der Waals surface area contributed by atoms with Crippen molar-refractivity contribution in [1.29, 1.82) is 0 Å². The zero-order chi connectivity index (χ0) is 15.2. The van der Waals surface area contributed by atoms with E-state index in [9.17, 15) is 0 Å². The molecule has 2 aromatic rings. The van der Waals surface area contributed by atoms with E-state index < -0.39 is 0 Å². The van der Waals surface area contributed by atoms with Gasteiger partial charge in [0.05, 0.1) is 0 Å². The van der Waals surface area contributed by atoms with Crippen molar-refractivity contribution < 1.29 is 0 Å². The fourth-order valence-corrected chi connectivity index (χ4v) is 3.28. The highest BCUT2D eigenvalue weighted by Gasteiger charge is 2.18. The Labute approximate surface area is 130 Å². The molecule has 0 aliphatic rings. The molecule has 2 rings (SSSR count). The topological polar surface area (TPSA) is 3.24 Å². The Bertz CT molecular complexity index is 549. The van der Waals surface area contributed by atoms with Crippen LogP contribution in [0.3, 0.4) is 0 Å². The van der Waals surface area contributed by atoms with Gasteiger partial charge in [-0.1, -0.05) is 70.2 Å². The quantitative estimate of drug-likeness (QED) is 0.665.